The van der Waals surface area contributed by atoms with Crippen LogP contribution >= 0.6 is 11.3 Å². The molecule has 0 aliphatic carbocycles. The van der Waals surface area contributed by atoms with Crippen LogP contribution in [0.3, 0.4) is 0 Å². The zero-order chi connectivity index (χ0) is 24.9. The van der Waals surface area contributed by atoms with E-state index in [1.807, 2.05) is 67.8 Å². The Kier molecular flexibility index (Phi) is 6.76. The van der Waals surface area contributed by atoms with E-state index in [9.17, 15) is 4.79 Å². The van der Waals surface area contributed by atoms with Gasteiger partial charge in [0.05, 0.1) is 23.8 Å². The first kappa shape index (κ1) is 23.3. The summed E-state index contributed by atoms with van der Waals surface area (Å²) in [4.78, 5) is 13.7. The first-order valence-corrected chi connectivity index (χ1v) is 12.4. The van der Waals surface area contributed by atoms with E-state index in [4.69, 9.17) is 14.6 Å². The van der Waals surface area contributed by atoms with Crippen molar-refractivity contribution in [3.8, 4) is 33.5 Å². The van der Waals surface area contributed by atoms with E-state index in [2.05, 4.69) is 20.8 Å². The molecule has 2 aromatic carbocycles. The Balaban J connectivity index is 1.34. The van der Waals surface area contributed by atoms with E-state index in [0.717, 1.165) is 16.1 Å². The van der Waals surface area contributed by atoms with Crippen LogP contribution in [-0.2, 0) is 0 Å². The second-order valence-electron chi connectivity index (χ2n) is 7.68. The van der Waals surface area contributed by atoms with E-state index >= 15 is 0 Å². The van der Waals surface area contributed by atoms with Crippen molar-refractivity contribution in [1.82, 2.24) is 19.8 Å². The van der Waals surface area contributed by atoms with Gasteiger partial charge in [0, 0.05) is 23.0 Å². The number of anilines is 2. The molecule has 0 radical (unpaired) electrons. The second-order valence-corrected chi connectivity index (χ2v) is 8.62. The topological polar surface area (TPSA) is 103 Å². The minimum absolute atomic E-state index is 0.374. The van der Waals surface area contributed by atoms with Crippen molar-refractivity contribution in [3.05, 3.63) is 72.1 Å². The maximum Gasteiger partial charge on any atom is 0.323 e. The van der Waals surface area contributed by atoms with Crippen molar-refractivity contribution in [3.63, 3.8) is 0 Å². The number of fused-ring (bicyclic) bond motifs is 1. The zero-order valence-electron chi connectivity index (χ0n) is 19.8. The smallest absolute Gasteiger partial charge is 0.323 e. The van der Waals surface area contributed by atoms with Crippen molar-refractivity contribution >= 4 is 34.4 Å². The number of hydrogen-bond donors (Lipinski definition) is 2. The largest absolute Gasteiger partial charge is 0.490 e. The Hall–Kier alpha value is -4.44. The van der Waals surface area contributed by atoms with Crippen LogP contribution in [-0.4, -0.2) is 39.1 Å². The van der Waals surface area contributed by atoms with E-state index in [1.54, 1.807) is 34.1 Å². The Morgan fingerprint density at radius 3 is 2.47 bits per heavy atom. The molecular formula is C26H24N6O3S. The second kappa shape index (κ2) is 10.4. The maximum atomic E-state index is 12.7. The predicted octanol–water partition coefficient (Wildman–Crippen LogP) is 5.96. The van der Waals surface area contributed by atoms with Gasteiger partial charge in [-0.05, 0) is 61.7 Å². The molecule has 3 aromatic heterocycles. The summed E-state index contributed by atoms with van der Waals surface area (Å²) >= 11 is 1.58. The van der Waals surface area contributed by atoms with Crippen molar-refractivity contribution in [2.24, 2.45) is 0 Å². The molecule has 0 unspecified atom stereocenters. The minimum Gasteiger partial charge on any atom is -0.490 e. The Bertz CT molecular complexity index is 1500. The number of hydrogen-bond acceptors (Lipinski definition) is 7. The van der Waals surface area contributed by atoms with Gasteiger partial charge in [-0.1, -0.05) is 18.2 Å². The van der Waals surface area contributed by atoms with Crippen LogP contribution in [0.25, 0.3) is 27.6 Å². The number of urea groups is 1. The van der Waals surface area contributed by atoms with Gasteiger partial charge in [-0.3, -0.25) is 0 Å². The molecule has 9 nitrogen and oxygen atoms in total. The van der Waals surface area contributed by atoms with Crippen LogP contribution in [0, 0.1) is 0 Å². The molecule has 5 rings (SSSR count). The molecule has 5 aromatic rings. The van der Waals surface area contributed by atoms with Crippen molar-refractivity contribution < 1.29 is 14.3 Å². The SMILES string of the molecule is CCOc1ccc(NC(=O)Nc2cccc(-c3ccc4nnc(-c5cccs5)n4n3)c2)cc1OCC. The third-order valence-electron chi connectivity index (χ3n) is 5.22. The lowest BCUT2D eigenvalue weighted by molar-refractivity contribution is 0.262. The van der Waals surface area contributed by atoms with E-state index in [1.165, 1.54) is 0 Å². The highest BCUT2D eigenvalue weighted by Crippen LogP contribution is 2.31. The van der Waals surface area contributed by atoms with Crippen LogP contribution in [0.4, 0.5) is 16.2 Å². The fourth-order valence-electron chi connectivity index (χ4n) is 3.68. The first-order valence-electron chi connectivity index (χ1n) is 11.5. The molecule has 0 aliphatic rings. The first-order chi connectivity index (χ1) is 17.6. The molecule has 0 saturated carbocycles. The highest BCUT2D eigenvalue weighted by Gasteiger charge is 2.13. The monoisotopic (exact) mass is 500 g/mol. The Morgan fingerprint density at radius 1 is 0.889 bits per heavy atom. The number of carbonyl (C=O) groups excluding carboxylic acids is 1. The number of nitrogens with one attached hydrogen (secondary N) is 2. The van der Waals surface area contributed by atoms with Gasteiger partial charge in [-0.2, -0.15) is 9.61 Å². The van der Waals surface area contributed by atoms with Crippen LogP contribution in [0.5, 0.6) is 11.5 Å². The third kappa shape index (κ3) is 4.98. The Labute approximate surface area is 211 Å². The molecular weight excluding hydrogens is 476 g/mol. The standard InChI is InChI=1S/C26H24N6O3S/c1-3-34-21-12-10-19(16-22(21)35-4-2)28-26(33)27-18-8-5-7-17(15-18)20-11-13-24-29-30-25(32(24)31-20)23-9-6-14-36-23/h5-16H,3-4H2,1-2H3,(H2,27,28,33). The number of nitrogens with zero attached hydrogens (tertiary/aromatic N) is 4. The molecule has 10 heteroatoms. The van der Waals surface area contributed by atoms with Crippen molar-refractivity contribution in [2.45, 2.75) is 13.8 Å². The van der Waals surface area contributed by atoms with Crippen LogP contribution < -0.4 is 20.1 Å². The lowest BCUT2D eigenvalue weighted by Crippen LogP contribution is -2.19. The van der Waals surface area contributed by atoms with Crippen molar-refractivity contribution in [2.75, 3.05) is 23.8 Å². The molecule has 2 amide bonds. The number of rotatable bonds is 8. The van der Waals surface area contributed by atoms with Gasteiger partial charge in [-0.25, -0.2) is 4.79 Å². The van der Waals surface area contributed by atoms with Crippen LogP contribution in [0.1, 0.15) is 13.8 Å². The number of amides is 2. The van der Waals surface area contributed by atoms with Crippen molar-refractivity contribution in [1.29, 1.82) is 0 Å². The lowest BCUT2D eigenvalue weighted by Gasteiger charge is -2.13. The fraction of sp³-hybridized carbons (Fsp3) is 0.154. The summed E-state index contributed by atoms with van der Waals surface area (Å²) in [6.45, 7) is 4.82. The number of thiophene rings is 1. The molecule has 3 heterocycles. The van der Waals surface area contributed by atoms with Gasteiger partial charge in [0.15, 0.2) is 23.0 Å². The summed E-state index contributed by atoms with van der Waals surface area (Å²) in [6.07, 6.45) is 0. The Morgan fingerprint density at radius 2 is 1.69 bits per heavy atom. The molecule has 0 bridgehead atoms. The summed E-state index contributed by atoms with van der Waals surface area (Å²) in [5, 5.41) is 21.0. The van der Waals surface area contributed by atoms with Gasteiger partial charge < -0.3 is 20.1 Å². The van der Waals surface area contributed by atoms with E-state index in [0.29, 0.717) is 47.6 Å². The maximum absolute atomic E-state index is 12.7. The molecule has 182 valence electrons. The van der Waals surface area contributed by atoms with E-state index < -0.39 is 0 Å². The summed E-state index contributed by atoms with van der Waals surface area (Å²) in [7, 11) is 0. The highest BCUT2D eigenvalue weighted by atomic mass is 32.1. The molecule has 0 spiro atoms. The van der Waals surface area contributed by atoms with E-state index in [-0.39, 0.29) is 6.03 Å². The summed E-state index contributed by atoms with van der Waals surface area (Å²) in [6, 6.07) is 20.1. The van der Waals surface area contributed by atoms with Crippen LogP contribution in [0.2, 0.25) is 0 Å². The molecule has 36 heavy (non-hydrogen) atoms. The van der Waals surface area contributed by atoms with Gasteiger partial charge in [0.1, 0.15) is 0 Å². The molecule has 0 atom stereocenters. The molecule has 0 fully saturated rings. The van der Waals surface area contributed by atoms with Gasteiger partial charge in [0.2, 0.25) is 0 Å². The van der Waals surface area contributed by atoms with Gasteiger partial charge in [0.25, 0.3) is 0 Å². The lowest BCUT2D eigenvalue weighted by atomic mass is 10.1. The summed E-state index contributed by atoms with van der Waals surface area (Å²) in [5.41, 5.74) is 3.47. The predicted molar refractivity (Wildman–Crippen MR) is 141 cm³/mol. The molecule has 2 N–H and O–H groups in total. The highest BCUT2D eigenvalue weighted by molar-refractivity contribution is 7.13. The fourth-order valence-corrected chi connectivity index (χ4v) is 4.37. The molecule has 0 aliphatic heterocycles. The normalized spacial score (nSPS) is 10.8. The minimum atomic E-state index is -0.374. The van der Waals surface area contributed by atoms with Gasteiger partial charge in [-0.15, -0.1) is 21.5 Å². The quantitative estimate of drug-likeness (QED) is 0.272. The third-order valence-corrected chi connectivity index (χ3v) is 6.09. The molecule has 0 saturated heterocycles. The summed E-state index contributed by atoms with van der Waals surface area (Å²) in [5.74, 6) is 1.91. The average molecular weight is 501 g/mol. The average Bonchev–Trinajstić information content (AvgIpc) is 3.55. The van der Waals surface area contributed by atoms with Gasteiger partial charge >= 0.3 is 6.03 Å². The number of ether oxygens (including phenoxy) is 2. The number of carbonyl (C=O) groups is 1. The zero-order valence-corrected chi connectivity index (χ0v) is 20.6. The number of aromatic nitrogens is 4. The van der Waals surface area contributed by atoms with Crippen LogP contribution in [0.15, 0.2) is 72.1 Å². The number of benzene rings is 2. The summed E-state index contributed by atoms with van der Waals surface area (Å²) < 4.78 is 13.0.